The van der Waals surface area contributed by atoms with Crippen molar-refractivity contribution in [3.05, 3.63) is 78.7 Å². The molecule has 0 spiro atoms. The first-order valence-electron chi connectivity index (χ1n) is 10.6. The number of halogens is 2. The molecule has 4 aromatic rings. The van der Waals surface area contributed by atoms with Gasteiger partial charge in [-0.1, -0.05) is 36.4 Å². The number of nitrogens with one attached hydrogen (secondary N) is 2. The fraction of sp³-hybridized carbons (Fsp3) is 0.200. The molecule has 1 saturated heterocycles. The number of hydrogen-bond donors (Lipinski definition) is 2. The molecule has 0 amide bonds. The third-order valence-corrected chi connectivity index (χ3v) is 5.64. The molecule has 0 radical (unpaired) electrons. The molecule has 2 heterocycles. The van der Waals surface area contributed by atoms with Gasteiger partial charge in [0.2, 0.25) is 5.95 Å². The van der Waals surface area contributed by atoms with Crippen molar-refractivity contribution in [1.29, 1.82) is 0 Å². The van der Waals surface area contributed by atoms with Gasteiger partial charge in [-0.25, -0.2) is 18.7 Å². The summed E-state index contributed by atoms with van der Waals surface area (Å²) in [7, 11) is 0. The number of benzene rings is 3. The topological polar surface area (TPSA) is 53.1 Å². The van der Waals surface area contributed by atoms with Gasteiger partial charge in [-0.2, -0.15) is 0 Å². The van der Waals surface area contributed by atoms with E-state index in [1.54, 1.807) is 18.3 Å². The lowest BCUT2D eigenvalue weighted by atomic mass is 10.0. The minimum absolute atomic E-state index is 0.282. The minimum atomic E-state index is -0.300. The fourth-order valence-electron chi connectivity index (χ4n) is 3.99. The van der Waals surface area contributed by atoms with Crippen molar-refractivity contribution in [2.45, 2.75) is 6.04 Å². The first-order chi connectivity index (χ1) is 15.7. The molecular weight excluding hydrogens is 408 g/mol. The standard InChI is InChI=1S/C25H23F2N5/c26-12-13-32-15-20(16-32)29-18-8-10-19(11-9-18)30-25-28-14-17-4-3-6-22(24(17)31-25)21-5-1-2-7-23(21)27/h1-11,14,20,29H,12-13,15-16H2,(H,28,30,31). The number of para-hydroxylation sites is 1. The van der Waals surface area contributed by atoms with Crippen molar-refractivity contribution in [3.63, 3.8) is 0 Å². The van der Waals surface area contributed by atoms with E-state index >= 15 is 0 Å². The quantitative estimate of drug-likeness (QED) is 0.419. The number of hydrogen-bond acceptors (Lipinski definition) is 5. The average molecular weight is 431 g/mol. The second-order valence-corrected chi connectivity index (χ2v) is 7.91. The summed E-state index contributed by atoms with van der Waals surface area (Å²) in [6, 6.07) is 20.6. The van der Waals surface area contributed by atoms with E-state index in [2.05, 4.69) is 25.5 Å². The molecule has 0 unspecified atom stereocenters. The predicted molar refractivity (Wildman–Crippen MR) is 124 cm³/mol. The van der Waals surface area contributed by atoms with Crippen LogP contribution in [0, 0.1) is 5.82 Å². The lowest BCUT2D eigenvalue weighted by Crippen LogP contribution is -2.55. The maximum absolute atomic E-state index is 14.4. The molecule has 0 bridgehead atoms. The Balaban J connectivity index is 1.32. The van der Waals surface area contributed by atoms with Crippen LogP contribution in [0.4, 0.5) is 26.1 Å². The Morgan fingerprint density at radius 2 is 1.66 bits per heavy atom. The van der Waals surface area contributed by atoms with Crippen LogP contribution in [-0.2, 0) is 0 Å². The van der Waals surface area contributed by atoms with Crippen LogP contribution in [0.15, 0.2) is 72.9 Å². The van der Waals surface area contributed by atoms with E-state index in [0.717, 1.165) is 35.4 Å². The van der Waals surface area contributed by atoms with Crippen LogP contribution >= 0.6 is 0 Å². The number of likely N-dealkylation sites (tertiary alicyclic amines) is 1. The number of rotatable bonds is 7. The van der Waals surface area contributed by atoms with Crippen molar-refractivity contribution in [1.82, 2.24) is 14.9 Å². The third kappa shape index (κ3) is 4.24. The molecule has 2 N–H and O–H groups in total. The van der Waals surface area contributed by atoms with E-state index in [1.807, 2.05) is 48.5 Å². The zero-order valence-corrected chi connectivity index (χ0v) is 17.4. The summed E-state index contributed by atoms with van der Waals surface area (Å²) in [4.78, 5) is 11.2. The molecule has 162 valence electrons. The van der Waals surface area contributed by atoms with Crippen LogP contribution < -0.4 is 10.6 Å². The predicted octanol–water partition coefficient (Wildman–Crippen LogP) is 5.25. The zero-order valence-electron chi connectivity index (χ0n) is 17.4. The van der Waals surface area contributed by atoms with Crippen molar-refractivity contribution < 1.29 is 8.78 Å². The van der Waals surface area contributed by atoms with Crippen molar-refractivity contribution in [3.8, 4) is 11.1 Å². The second kappa shape index (κ2) is 8.88. The van der Waals surface area contributed by atoms with E-state index in [1.165, 1.54) is 6.07 Å². The molecule has 5 nitrogen and oxygen atoms in total. The van der Waals surface area contributed by atoms with Gasteiger partial charge in [0.05, 0.1) is 11.6 Å². The van der Waals surface area contributed by atoms with Crippen LogP contribution in [0.3, 0.4) is 0 Å². The van der Waals surface area contributed by atoms with Gasteiger partial charge in [0.15, 0.2) is 0 Å². The van der Waals surface area contributed by atoms with E-state index in [0.29, 0.717) is 29.6 Å². The molecule has 32 heavy (non-hydrogen) atoms. The van der Waals surface area contributed by atoms with Gasteiger partial charge < -0.3 is 10.6 Å². The molecule has 0 aliphatic carbocycles. The number of alkyl halides is 1. The van der Waals surface area contributed by atoms with E-state index < -0.39 is 0 Å². The zero-order chi connectivity index (χ0) is 21.9. The molecule has 7 heteroatoms. The molecule has 5 rings (SSSR count). The Morgan fingerprint density at radius 3 is 2.44 bits per heavy atom. The lowest BCUT2D eigenvalue weighted by molar-refractivity contribution is 0.150. The van der Waals surface area contributed by atoms with E-state index in [9.17, 15) is 8.78 Å². The lowest BCUT2D eigenvalue weighted by Gasteiger charge is -2.39. The smallest absolute Gasteiger partial charge is 0.227 e. The van der Waals surface area contributed by atoms with Gasteiger partial charge in [-0.05, 0) is 30.3 Å². The average Bonchev–Trinajstić information content (AvgIpc) is 2.79. The number of fused-ring (bicyclic) bond motifs is 1. The van der Waals surface area contributed by atoms with Crippen LogP contribution in [0.1, 0.15) is 0 Å². The number of anilines is 3. The van der Waals surface area contributed by atoms with Gasteiger partial charge in [0.25, 0.3) is 0 Å². The molecule has 1 aliphatic rings. The normalized spacial score (nSPS) is 14.3. The molecule has 0 atom stereocenters. The van der Waals surface area contributed by atoms with Gasteiger partial charge >= 0.3 is 0 Å². The first-order valence-corrected chi connectivity index (χ1v) is 10.6. The fourth-order valence-corrected chi connectivity index (χ4v) is 3.99. The molecule has 3 aromatic carbocycles. The van der Waals surface area contributed by atoms with Gasteiger partial charge in [0, 0.05) is 53.7 Å². The van der Waals surface area contributed by atoms with E-state index in [4.69, 9.17) is 0 Å². The summed E-state index contributed by atoms with van der Waals surface area (Å²) >= 11 is 0. The van der Waals surface area contributed by atoms with E-state index in [-0.39, 0.29) is 12.5 Å². The number of aromatic nitrogens is 2. The Bertz CT molecular complexity index is 1220. The minimum Gasteiger partial charge on any atom is -0.380 e. The summed E-state index contributed by atoms with van der Waals surface area (Å²) in [5, 5.41) is 7.53. The molecule has 1 aliphatic heterocycles. The molecule has 0 saturated carbocycles. The second-order valence-electron chi connectivity index (χ2n) is 7.91. The monoisotopic (exact) mass is 431 g/mol. The summed E-state index contributed by atoms with van der Waals surface area (Å²) in [5.74, 6) is 0.165. The third-order valence-electron chi connectivity index (χ3n) is 5.64. The molecular formula is C25H23F2N5. The van der Waals surface area contributed by atoms with Crippen molar-refractivity contribution in [2.75, 3.05) is 36.9 Å². The summed E-state index contributed by atoms with van der Waals surface area (Å²) in [6.07, 6.45) is 1.74. The highest BCUT2D eigenvalue weighted by molar-refractivity contribution is 5.94. The first kappa shape index (κ1) is 20.3. The largest absolute Gasteiger partial charge is 0.380 e. The van der Waals surface area contributed by atoms with Gasteiger partial charge in [-0.15, -0.1) is 0 Å². The SMILES string of the molecule is FCCN1CC(Nc2ccc(Nc3ncc4cccc(-c5ccccc5F)c4n3)cc2)C1. The maximum Gasteiger partial charge on any atom is 0.227 e. The van der Waals surface area contributed by atoms with Gasteiger partial charge in [0.1, 0.15) is 12.5 Å². The highest BCUT2D eigenvalue weighted by Gasteiger charge is 2.25. The summed E-state index contributed by atoms with van der Waals surface area (Å²) < 4.78 is 26.7. The van der Waals surface area contributed by atoms with Gasteiger partial charge in [-0.3, -0.25) is 4.90 Å². The number of nitrogens with zero attached hydrogens (tertiary/aromatic N) is 3. The van der Waals surface area contributed by atoms with Crippen molar-refractivity contribution >= 4 is 28.2 Å². The maximum atomic E-state index is 14.4. The van der Waals surface area contributed by atoms with Crippen molar-refractivity contribution in [2.24, 2.45) is 0 Å². The summed E-state index contributed by atoms with van der Waals surface area (Å²) in [6.45, 7) is 1.93. The Morgan fingerprint density at radius 1 is 0.906 bits per heavy atom. The van der Waals surface area contributed by atoms with Crippen LogP contribution in [0.5, 0.6) is 0 Å². The molecule has 1 fully saturated rings. The Hall–Kier alpha value is -3.58. The Labute approximate surface area is 185 Å². The highest BCUT2D eigenvalue weighted by Crippen LogP contribution is 2.30. The summed E-state index contributed by atoms with van der Waals surface area (Å²) in [5.41, 5.74) is 3.80. The van der Waals surface area contributed by atoms with Crippen LogP contribution in [0.25, 0.3) is 22.0 Å². The van der Waals surface area contributed by atoms with Crippen LogP contribution in [-0.4, -0.2) is 47.2 Å². The Kier molecular flexibility index (Phi) is 5.64. The molecule has 1 aromatic heterocycles. The van der Waals surface area contributed by atoms with Crippen LogP contribution in [0.2, 0.25) is 0 Å². The highest BCUT2D eigenvalue weighted by atomic mass is 19.1.